The van der Waals surface area contributed by atoms with Gasteiger partial charge in [0.15, 0.2) is 0 Å². The summed E-state index contributed by atoms with van der Waals surface area (Å²) in [7, 11) is 0. The fourth-order valence-electron chi connectivity index (χ4n) is 4.21. The van der Waals surface area contributed by atoms with E-state index in [9.17, 15) is 0 Å². The van der Waals surface area contributed by atoms with Crippen molar-refractivity contribution < 1.29 is 0 Å². The summed E-state index contributed by atoms with van der Waals surface area (Å²) in [6.45, 7) is 6.37. The van der Waals surface area contributed by atoms with Crippen molar-refractivity contribution in [2.45, 2.75) is 38.6 Å². The van der Waals surface area contributed by atoms with Crippen LogP contribution in [0.5, 0.6) is 0 Å². The van der Waals surface area contributed by atoms with Gasteiger partial charge in [-0.2, -0.15) is 0 Å². The Hall–Kier alpha value is -1.54. The Morgan fingerprint density at radius 3 is 2.62 bits per heavy atom. The van der Waals surface area contributed by atoms with Crippen LogP contribution in [0.3, 0.4) is 0 Å². The topological polar surface area (TPSA) is 29.3 Å². The minimum absolute atomic E-state index is 0.124. The first kappa shape index (κ1) is 14.4. The van der Waals surface area contributed by atoms with Crippen LogP contribution >= 0.6 is 0 Å². The molecule has 0 radical (unpaired) electrons. The first-order valence-corrected chi connectivity index (χ1v) is 8.18. The van der Waals surface area contributed by atoms with Crippen LogP contribution in [-0.2, 0) is 0 Å². The predicted octanol–water partition coefficient (Wildman–Crippen LogP) is 4.18. The van der Waals surface area contributed by atoms with Gasteiger partial charge in [-0.1, -0.05) is 49.7 Å². The molecule has 21 heavy (non-hydrogen) atoms. The van der Waals surface area contributed by atoms with Crippen LogP contribution in [0, 0.1) is 5.92 Å². The van der Waals surface area contributed by atoms with E-state index in [1.807, 2.05) is 0 Å². The minimum atomic E-state index is 0.124. The summed E-state index contributed by atoms with van der Waals surface area (Å²) in [5.74, 6) is 0.654. The van der Waals surface area contributed by atoms with Crippen LogP contribution in [-0.4, -0.2) is 18.6 Å². The van der Waals surface area contributed by atoms with Crippen molar-refractivity contribution in [3.63, 3.8) is 0 Å². The van der Waals surface area contributed by atoms with Gasteiger partial charge in [0.2, 0.25) is 0 Å². The Morgan fingerprint density at radius 1 is 1.19 bits per heavy atom. The Balaban J connectivity index is 2.14. The molecular formula is C19H26N2. The summed E-state index contributed by atoms with van der Waals surface area (Å²) < 4.78 is 0. The summed E-state index contributed by atoms with van der Waals surface area (Å²) in [6, 6.07) is 15.3. The fraction of sp³-hybridized carbons (Fsp3) is 0.474. The Morgan fingerprint density at radius 2 is 1.95 bits per heavy atom. The lowest BCUT2D eigenvalue weighted by molar-refractivity contribution is 0.321. The molecule has 2 nitrogen and oxygen atoms in total. The average molecular weight is 282 g/mol. The number of fused-ring (bicyclic) bond motifs is 1. The number of hydrogen-bond donors (Lipinski definition) is 1. The van der Waals surface area contributed by atoms with E-state index in [1.54, 1.807) is 0 Å². The van der Waals surface area contributed by atoms with E-state index in [1.165, 1.54) is 35.7 Å². The van der Waals surface area contributed by atoms with Crippen molar-refractivity contribution >= 4 is 16.5 Å². The summed E-state index contributed by atoms with van der Waals surface area (Å²) in [5.41, 5.74) is 7.74. The van der Waals surface area contributed by atoms with Gasteiger partial charge in [-0.3, -0.25) is 0 Å². The lowest BCUT2D eigenvalue weighted by Gasteiger charge is -2.45. The normalized spacial score (nSPS) is 25.4. The van der Waals surface area contributed by atoms with Gasteiger partial charge in [0.25, 0.3) is 0 Å². The SMILES string of the molecule is CCN(c1cccc2ccccc12)C1(CN)CCCC1C. The third-order valence-electron chi connectivity index (χ3n) is 5.43. The molecule has 2 heteroatoms. The number of benzene rings is 2. The van der Waals surface area contributed by atoms with Gasteiger partial charge in [0.1, 0.15) is 0 Å². The van der Waals surface area contributed by atoms with Crippen LogP contribution in [0.1, 0.15) is 33.1 Å². The van der Waals surface area contributed by atoms with Crippen molar-refractivity contribution in [2.75, 3.05) is 18.0 Å². The molecule has 1 fully saturated rings. The van der Waals surface area contributed by atoms with Crippen LogP contribution < -0.4 is 10.6 Å². The molecule has 0 aromatic heterocycles. The number of anilines is 1. The lowest BCUT2D eigenvalue weighted by atomic mass is 9.85. The van der Waals surface area contributed by atoms with E-state index >= 15 is 0 Å². The molecular weight excluding hydrogens is 256 g/mol. The van der Waals surface area contributed by atoms with Gasteiger partial charge in [0, 0.05) is 24.2 Å². The molecule has 1 aliphatic rings. The zero-order valence-electron chi connectivity index (χ0n) is 13.2. The second kappa shape index (κ2) is 5.69. The van der Waals surface area contributed by atoms with E-state index in [2.05, 4.69) is 61.2 Å². The van der Waals surface area contributed by atoms with Crippen molar-refractivity contribution in [1.82, 2.24) is 0 Å². The largest absolute Gasteiger partial charge is 0.364 e. The zero-order chi connectivity index (χ0) is 14.9. The maximum absolute atomic E-state index is 6.28. The highest BCUT2D eigenvalue weighted by Crippen LogP contribution is 2.43. The molecule has 0 bridgehead atoms. The maximum atomic E-state index is 6.28. The van der Waals surface area contributed by atoms with E-state index in [-0.39, 0.29) is 5.54 Å². The zero-order valence-corrected chi connectivity index (χ0v) is 13.2. The lowest BCUT2D eigenvalue weighted by Crippen LogP contribution is -2.56. The maximum Gasteiger partial charge on any atom is 0.0549 e. The molecule has 0 spiro atoms. The average Bonchev–Trinajstić information content (AvgIpc) is 2.90. The smallest absolute Gasteiger partial charge is 0.0549 e. The molecule has 3 rings (SSSR count). The quantitative estimate of drug-likeness (QED) is 0.911. The molecule has 2 aromatic carbocycles. The van der Waals surface area contributed by atoms with E-state index in [0.29, 0.717) is 5.92 Å². The second-order valence-electron chi connectivity index (χ2n) is 6.34. The number of nitrogens with two attached hydrogens (primary N) is 1. The highest BCUT2D eigenvalue weighted by Gasteiger charge is 2.43. The van der Waals surface area contributed by atoms with Crippen LogP contribution in [0.4, 0.5) is 5.69 Å². The van der Waals surface area contributed by atoms with Crippen molar-refractivity contribution in [2.24, 2.45) is 11.7 Å². The standard InChI is InChI=1S/C19H26N2/c1-3-21(19(14-20)13-7-8-15(19)2)18-12-6-10-16-9-4-5-11-17(16)18/h4-6,9-12,15H,3,7-8,13-14,20H2,1-2H3. The van der Waals surface area contributed by atoms with E-state index in [0.717, 1.165) is 13.1 Å². The van der Waals surface area contributed by atoms with Crippen molar-refractivity contribution in [3.05, 3.63) is 42.5 Å². The van der Waals surface area contributed by atoms with Gasteiger partial charge >= 0.3 is 0 Å². The van der Waals surface area contributed by atoms with Gasteiger partial charge in [0.05, 0.1) is 5.54 Å². The number of likely N-dealkylation sites (N-methyl/N-ethyl adjacent to an activating group) is 1. The molecule has 1 saturated carbocycles. The highest BCUT2D eigenvalue weighted by molar-refractivity contribution is 5.94. The number of nitrogens with zero attached hydrogens (tertiary/aromatic N) is 1. The van der Waals surface area contributed by atoms with Crippen LogP contribution in [0.25, 0.3) is 10.8 Å². The van der Waals surface area contributed by atoms with Gasteiger partial charge < -0.3 is 10.6 Å². The Labute approximate surface area is 127 Å². The molecule has 112 valence electrons. The van der Waals surface area contributed by atoms with E-state index < -0.39 is 0 Å². The predicted molar refractivity (Wildman–Crippen MR) is 91.8 cm³/mol. The molecule has 2 unspecified atom stereocenters. The number of rotatable bonds is 4. The van der Waals surface area contributed by atoms with E-state index in [4.69, 9.17) is 5.73 Å². The Kier molecular flexibility index (Phi) is 3.90. The molecule has 0 aliphatic heterocycles. The second-order valence-corrected chi connectivity index (χ2v) is 6.34. The van der Waals surface area contributed by atoms with Gasteiger partial charge in [-0.15, -0.1) is 0 Å². The van der Waals surface area contributed by atoms with Crippen molar-refractivity contribution in [3.8, 4) is 0 Å². The van der Waals surface area contributed by atoms with Crippen molar-refractivity contribution in [1.29, 1.82) is 0 Å². The number of hydrogen-bond acceptors (Lipinski definition) is 2. The van der Waals surface area contributed by atoms with Crippen LogP contribution in [0.15, 0.2) is 42.5 Å². The Bertz CT molecular complexity index is 616. The third kappa shape index (κ3) is 2.22. The molecule has 2 atom stereocenters. The first-order valence-electron chi connectivity index (χ1n) is 8.18. The fourth-order valence-corrected chi connectivity index (χ4v) is 4.21. The van der Waals surface area contributed by atoms with Gasteiger partial charge in [-0.25, -0.2) is 0 Å². The summed E-state index contributed by atoms with van der Waals surface area (Å²) in [4.78, 5) is 2.58. The molecule has 2 N–H and O–H groups in total. The molecule has 0 heterocycles. The molecule has 0 saturated heterocycles. The summed E-state index contributed by atoms with van der Waals surface area (Å²) in [5, 5.41) is 2.65. The third-order valence-corrected chi connectivity index (χ3v) is 5.43. The van der Waals surface area contributed by atoms with Crippen LogP contribution in [0.2, 0.25) is 0 Å². The first-order chi connectivity index (χ1) is 10.2. The summed E-state index contributed by atoms with van der Waals surface area (Å²) >= 11 is 0. The highest BCUT2D eigenvalue weighted by atomic mass is 15.2. The molecule has 2 aromatic rings. The van der Waals surface area contributed by atoms with Gasteiger partial charge in [-0.05, 0) is 37.1 Å². The molecule has 1 aliphatic carbocycles. The molecule has 0 amide bonds. The minimum Gasteiger partial charge on any atom is -0.364 e. The summed E-state index contributed by atoms with van der Waals surface area (Å²) in [6.07, 6.45) is 3.79. The monoisotopic (exact) mass is 282 g/mol.